The minimum Gasteiger partial charge on any atom is -0.506 e. The van der Waals surface area contributed by atoms with Crippen molar-refractivity contribution < 1.29 is 24.1 Å². The normalized spacial score (nSPS) is 15.6. The summed E-state index contributed by atoms with van der Waals surface area (Å²) in [7, 11) is 1.61. The molecule has 0 amide bonds. The third-order valence-electron chi connectivity index (χ3n) is 5.38. The van der Waals surface area contributed by atoms with Gasteiger partial charge in [0.25, 0.3) is 0 Å². The zero-order valence-corrected chi connectivity index (χ0v) is 21.6. The molecule has 1 aliphatic heterocycles. The Morgan fingerprint density at radius 1 is 1.06 bits per heavy atom. The fourth-order valence-corrected chi connectivity index (χ4v) is 4.66. The first-order valence-corrected chi connectivity index (χ1v) is 12.5. The third-order valence-corrected chi connectivity index (χ3v) is 6.40. The first-order chi connectivity index (χ1) is 16.9. The van der Waals surface area contributed by atoms with Gasteiger partial charge in [-0.15, -0.1) is 0 Å². The monoisotopic (exact) mass is 496 g/mol. The SMILES string of the molecule is CCOC(=O)C1=C(O)/C(=C/c2ccc(N(CC)CC)cc2OC)SC1=Nc1ccc(OCC)cc1. The van der Waals surface area contributed by atoms with Crippen molar-refractivity contribution in [1.29, 1.82) is 0 Å². The zero-order valence-electron chi connectivity index (χ0n) is 20.8. The molecule has 0 unspecified atom stereocenters. The lowest BCUT2D eigenvalue weighted by Gasteiger charge is -2.22. The topological polar surface area (TPSA) is 80.6 Å². The van der Waals surface area contributed by atoms with Crippen molar-refractivity contribution in [3.63, 3.8) is 0 Å². The van der Waals surface area contributed by atoms with E-state index >= 15 is 0 Å². The molecule has 0 fully saturated rings. The van der Waals surface area contributed by atoms with Crippen molar-refractivity contribution in [3.8, 4) is 11.5 Å². The number of aliphatic hydroxyl groups is 1. The quantitative estimate of drug-likeness (QED) is 0.396. The van der Waals surface area contributed by atoms with Crippen LogP contribution in [0.2, 0.25) is 0 Å². The van der Waals surface area contributed by atoms with Gasteiger partial charge in [0, 0.05) is 30.4 Å². The van der Waals surface area contributed by atoms with Gasteiger partial charge in [0.1, 0.15) is 27.9 Å². The van der Waals surface area contributed by atoms with Crippen LogP contribution < -0.4 is 14.4 Å². The van der Waals surface area contributed by atoms with Crippen molar-refractivity contribution in [2.75, 3.05) is 38.3 Å². The van der Waals surface area contributed by atoms with Gasteiger partial charge in [-0.2, -0.15) is 0 Å². The van der Waals surface area contributed by atoms with Crippen LogP contribution >= 0.6 is 11.8 Å². The Morgan fingerprint density at radius 2 is 1.77 bits per heavy atom. The van der Waals surface area contributed by atoms with Crippen LogP contribution in [-0.2, 0) is 9.53 Å². The lowest BCUT2D eigenvalue weighted by atomic mass is 10.1. The van der Waals surface area contributed by atoms with Crippen LogP contribution in [0.15, 0.2) is 63.7 Å². The summed E-state index contributed by atoms with van der Waals surface area (Å²) in [5, 5.41) is 11.4. The number of hydrogen-bond acceptors (Lipinski definition) is 8. The fourth-order valence-electron chi connectivity index (χ4n) is 3.64. The summed E-state index contributed by atoms with van der Waals surface area (Å²) in [6.45, 7) is 10.4. The van der Waals surface area contributed by atoms with Gasteiger partial charge in [-0.3, -0.25) is 0 Å². The number of nitrogens with zero attached hydrogens (tertiary/aromatic N) is 2. The molecule has 8 heteroatoms. The van der Waals surface area contributed by atoms with Crippen molar-refractivity contribution in [1.82, 2.24) is 0 Å². The Hall–Kier alpha value is -3.39. The predicted molar refractivity (Wildman–Crippen MR) is 143 cm³/mol. The number of hydrogen-bond donors (Lipinski definition) is 1. The molecule has 0 saturated carbocycles. The highest BCUT2D eigenvalue weighted by Gasteiger charge is 2.33. The van der Waals surface area contributed by atoms with E-state index in [9.17, 15) is 9.90 Å². The van der Waals surface area contributed by atoms with Gasteiger partial charge in [-0.05, 0) is 70.2 Å². The second-order valence-corrected chi connectivity index (χ2v) is 8.53. The number of anilines is 1. The van der Waals surface area contributed by atoms with E-state index in [1.165, 1.54) is 11.8 Å². The summed E-state index contributed by atoms with van der Waals surface area (Å²) in [5.41, 5.74) is 2.52. The van der Waals surface area contributed by atoms with E-state index in [-0.39, 0.29) is 17.9 Å². The van der Waals surface area contributed by atoms with Crippen LogP contribution in [0, 0.1) is 0 Å². The zero-order chi connectivity index (χ0) is 25.4. The number of rotatable bonds is 10. The summed E-state index contributed by atoms with van der Waals surface area (Å²) in [6, 6.07) is 13.2. The number of thioether (sulfide) groups is 1. The molecule has 3 rings (SSSR count). The van der Waals surface area contributed by atoms with E-state index in [1.54, 1.807) is 32.2 Å². The number of methoxy groups -OCH3 is 1. The average Bonchev–Trinajstić information content (AvgIpc) is 3.16. The highest BCUT2D eigenvalue weighted by atomic mass is 32.2. The summed E-state index contributed by atoms with van der Waals surface area (Å²) in [5.74, 6) is 0.632. The molecule has 1 N–H and O–H groups in total. The number of carbonyl (C=O) groups excluding carboxylic acids is 1. The maximum atomic E-state index is 12.7. The fraction of sp³-hybridized carbons (Fsp3) is 0.333. The number of esters is 1. The molecular formula is C27H32N2O5S. The Morgan fingerprint density at radius 3 is 2.37 bits per heavy atom. The van der Waals surface area contributed by atoms with Crippen LogP contribution in [0.1, 0.15) is 33.3 Å². The van der Waals surface area contributed by atoms with Crippen molar-refractivity contribution >= 4 is 40.2 Å². The van der Waals surface area contributed by atoms with Crippen LogP contribution in [0.25, 0.3) is 6.08 Å². The highest BCUT2D eigenvalue weighted by Crippen LogP contribution is 2.41. The molecule has 0 atom stereocenters. The van der Waals surface area contributed by atoms with Gasteiger partial charge in [-0.25, -0.2) is 9.79 Å². The first-order valence-electron chi connectivity index (χ1n) is 11.7. The Balaban J connectivity index is 2.01. The van der Waals surface area contributed by atoms with Gasteiger partial charge in [0.2, 0.25) is 0 Å². The summed E-state index contributed by atoms with van der Waals surface area (Å²) >= 11 is 1.21. The largest absolute Gasteiger partial charge is 0.506 e. The van der Waals surface area contributed by atoms with Crippen molar-refractivity contribution in [3.05, 3.63) is 64.3 Å². The smallest absolute Gasteiger partial charge is 0.344 e. The van der Waals surface area contributed by atoms with Crippen LogP contribution in [-0.4, -0.2) is 49.5 Å². The lowest BCUT2D eigenvalue weighted by molar-refractivity contribution is -0.138. The molecule has 2 aromatic rings. The number of aliphatic hydroxyl groups excluding tert-OH is 1. The molecule has 186 valence electrons. The molecule has 0 spiro atoms. The second kappa shape index (κ2) is 12.4. The van der Waals surface area contributed by atoms with Crippen LogP contribution in [0.5, 0.6) is 11.5 Å². The van der Waals surface area contributed by atoms with E-state index in [2.05, 4.69) is 23.7 Å². The van der Waals surface area contributed by atoms with Gasteiger partial charge >= 0.3 is 5.97 Å². The maximum Gasteiger partial charge on any atom is 0.344 e. The van der Waals surface area contributed by atoms with Gasteiger partial charge < -0.3 is 24.2 Å². The average molecular weight is 497 g/mol. The van der Waals surface area contributed by atoms with E-state index in [0.29, 0.717) is 28.0 Å². The van der Waals surface area contributed by atoms with E-state index in [1.807, 2.05) is 37.3 Å². The molecule has 1 aliphatic rings. The van der Waals surface area contributed by atoms with Crippen LogP contribution in [0.4, 0.5) is 11.4 Å². The van der Waals surface area contributed by atoms with E-state index in [4.69, 9.17) is 14.2 Å². The molecule has 0 saturated heterocycles. The van der Waals surface area contributed by atoms with Gasteiger partial charge in [-0.1, -0.05) is 11.8 Å². The Labute approximate surface area is 211 Å². The highest BCUT2D eigenvalue weighted by molar-refractivity contribution is 8.18. The number of ether oxygens (including phenoxy) is 3. The van der Waals surface area contributed by atoms with Gasteiger partial charge in [0.05, 0.1) is 30.9 Å². The summed E-state index contributed by atoms with van der Waals surface area (Å²) in [6.07, 6.45) is 1.80. The van der Waals surface area contributed by atoms with Crippen LogP contribution in [0.3, 0.4) is 0 Å². The summed E-state index contributed by atoms with van der Waals surface area (Å²) in [4.78, 5) is 20.0. The molecule has 0 aliphatic carbocycles. The van der Waals surface area contributed by atoms with Gasteiger partial charge in [0.15, 0.2) is 0 Å². The molecule has 1 heterocycles. The number of carbonyl (C=O) groups is 1. The Kier molecular flexibility index (Phi) is 9.25. The third kappa shape index (κ3) is 6.19. The molecule has 35 heavy (non-hydrogen) atoms. The second-order valence-electron chi connectivity index (χ2n) is 7.50. The van der Waals surface area contributed by atoms with E-state index < -0.39 is 5.97 Å². The minimum absolute atomic E-state index is 0.0516. The van der Waals surface area contributed by atoms with Crippen molar-refractivity contribution in [2.45, 2.75) is 27.7 Å². The maximum absolute atomic E-state index is 12.7. The lowest BCUT2D eigenvalue weighted by Crippen LogP contribution is -2.21. The van der Waals surface area contributed by atoms with E-state index in [0.717, 1.165) is 30.1 Å². The summed E-state index contributed by atoms with van der Waals surface area (Å²) < 4.78 is 16.3. The predicted octanol–water partition coefficient (Wildman–Crippen LogP) is 6.13. The molecule has 2 aromatic carbocycles. The first kappa shape index (κ1) is 26.2. The molecule has 0 bridgehead atoms. The molecular weight excluding hydrogens is 464 g/mol. The number of aliphatic imine (C=N–C) groups is 1. The van der Waals surface area contributed by atoms with Crippen molar-refractivity contribution in [2.24, 2.45) is 4.99 Å². The standard InChI is InChI=1S/C27H32N2O5S/c1-6-29(7-2)20-13-10-18(22(17-20)32-5)16-23-25(30)24(27(31)34-9-4)26(35-23)28-19-11-14-21(15-12-19)33-8-3/h10-17,30H,6-9H2,1-5H3/b23-16-,28-26?. The molecule has 0 aromatic heterocycles. The molecule has 7 nitrogen and oxygen atoms in total. The molecule has 0 radical (unpaired) electrons. The number of benzene rings is 2. The Bertz CT molecular complexity index is 1130. The minimum atomic E-state index is -0.616.